The van der Waals surface area contributed by atoms with Gasteiger partial charge < -0.3 is 9.88 Å². The van der Waals surface area contributed by atoms with Gasteiger partial charge in [-0.1, -0.05) is 13.3 Å². The van der Waals surface area contributed by atoms with Crippen molar-refractivity contribution in [2.24, 2.45) is 0 Å². The van der Waals surface area contributed by atoms with Crippen LogP contribution in [0.25, 0.3) is 0 Å². The van der Waals surface area contributed by atoms with Crippen molar-refractivity contribution in [1.82, 2.24) is 9.55 Å². The topological polar surface area (TPSA) is 64.0 Å². The van der Waals surface area contributed by atoms with Crippen molar-refractivity contribution in [3.8, 4) is 0 Å². The first kappa shape index (κ1) is 14.0. The van der Waals surface area contributed by atoms with Crippen molar-refractivity contribution >= 4 is 15.8 Å². The Morgan fingerprint density at radius 2 is 2.18 bits per heavy atom. The molecule has 0 radical (unpaired) electrons. The summed E-state index contributed by atoms with van der Waals surface area (Å²) in [4.78, 5) is 4.34. The highest BCUT2D eigenvalue weighted by atomic mass is 32.2. The molecule has 0 aliphatic carbocycles. The Balaban J connectivity index is 2.64. The molecule has 1 N–H and O–H groups in total. The minimum absolute atomic E-state index is 0.144. The second-order valence-corrected chi connectivity index (χ2v) is 6.57. The number of rotatable bonds is 7. The first-order valence-corrected chi connectivity index (χ1v) is 7.94. The normalized spacial score (nSPS) is 11.7. The van der Waals surface area contributed by atoms with Crippen molar-refractivity contribution in [2.45, 2.75) is 33.2 Å². The van der Waals surface area contributed by atoms with Gasteiger partial charge in [-0.05, 0) is 13.3 Å². The van der Waals surface area contributed by atoms with Gasteiger partial charge in [0.05, 0.1) is 11.4 Å². The maximum atomic E-state index is 11.1. The first-order valence-electron chi connectivity index (χ1n) is 5.87. The van der Waals surface area contributed by atoms with Crippen molar-refractivity contribution in [3.63, 3.8) is 0 Å². The lowest BCUT2D eigenvalue weighted by molar-refractivity contribution is 0.595. The fourth-order valence-electron chi connectivity index (χ4n) is 1.50. The number of aryl methyl sites for hydroxylation is 2. The molecule has 0 saturated carbocycles. The van der Waals surface area contributed by atoms with E-state index in [9.17, 15) is 8.42 Å². The molecule has 1 rings (SSSR count). The van der Waals surface area contributed by atoms with E-state index in [-0.39, 0.29) is 5.75 Å². The van der Waals surface area contributed by atoms with Crippen LogP contribution in [0.2, 0.25) is 0 Å². The van der Waals surface area contributed by atoms with Crippen LogP contribution in [0.1, 0.15) is 25.5 Å². The number of anilines is 1. The summed E-state index contributed by atoms with van der Waals surface area (Å²) in [7, 11) is -2.93. The highest BCUT2D eigenvalue weighted by Gasteiger charge is 2.08. The third-order valence-corrected chi connectivity index (χ3v) is 3.34. The molecule has 0 amide bonds. The second-order valence-electron chi connectivity index (χ2n) is 4.31. The summed E-state index contributed by atoms with van der Waals surface area (Å²) >= 11 is 0. The molecule has 0 fully saturated rings. The maximum absolute atomic E-state index is 11.1. The summed E-state index contributed by atoms with van der Waals surface area (Å²) in [6, 6.07) is 0. The van der Waals surface area contributed by atoms with Gasteiger partial charge in [0.1, 0.15) is 9.84 Å². The number of unbranched alkanes of at least 4 members (excludes halogenated alkanes) is 1. The van der Waals surface area contributed by atoms with E-state index in [4.69, 9.17) is 0 Å². The van der Waals surface area contributed by atoms with Gasteiger partial charge in [0.15, 0.2) is 0 Å². The van der Waals surface area contributed by atoms with Gasteiger partial charge in [0.25, 0.3) is 0 Å². The van der Waals surface area contributed by atoms with E-state index in [0.717, 1.165) is 31.0 Å². The number of aromatic nitrogens is 2. The lowest BCUT2D eigenvalue weighted by Gasteiger charge is -2.08. The monoisotopic (exact) mass is 259 g/mol. The van der Waals surface area contributed by atoms with Crippen molar-refractivity contribution in [2.75, 3.05) is 23.9 Å². The first-order chi connectivity index (χ1) is 7.92. The zero-order chi connectivity index (χ0) is 12.9. The molecule has 0 aliphatic rings. The summed E-state index contributed by atoms with van der Waals surface area (Å²) in [5.41, 5.74) is 0.900. The summed E-state index contributed by atoms with van der Waals surface area (Å²) in [6.07, 6.45) is 5.33. The van der Waals surface area contributed by atoms with E-state index in [1.807, 2.05) is 17.7 Å². The highest BCUT2D eigenvalue weighted by molar-refractivity contribution is 7.90. The van der Waals surface area contributed by atoms with E-state index in [2.05, 4.69) is 17.2 Å². The Kier molecular flexibility index (Phi) is 4.99. The molecular formula is C11H21N3O2S. The maximum Gasteiger partial charge on any atom is 0.203 e. The van der Waals surface area contributed by atoms with Crippen LogP contribution < -0.4 is 5.32 Å². The van der Waals surface area contributed by atoms with Crippen molar-refractivity contribution < 1.29 is 8.42 Å². The van der Waals surface area contributed by atoms with Crippen LogP contribution in [0.4, 0.5) is 5.95 Å². The lowest BCUT2D eigenvalue weighted by Crippen LogP contribution is -2.14. The fraction of sp³-hybridized carbons (Fsp3) is 0.727. The summed E-state index contributed by atoms with van der Waals surface area (Å²) in [6.45, 7) is 5.35. The van der Waals surface area contributed by atoms with E-state index < -0.39 is 9.84 Å². The Hall–Kier alpha value is -1.04. The predicted molar refractivity (Wildman–Crippen MR) is 70.1 cm³/mol. The largest absolute Gasteiger partial charge is 0.356 e. The molecule has 0 bridgehead atoms. The molecular weight excluding hydrogens is 238 g/mol. The zero-order valence-corrected chi connectivity index (χ0v) is 11.5. The Morgan fingerprint density at radius 1 is 1.47 bits per heavy atom. The van der Waals surface area contributed by atoms with Crippen molar-refractivity contribution in [1.29, 1.82) is 0 Å². The molecule has 0 spiro atoms. The molecule has 1 aromatic heterocycles. The Bertz CT molecular complexity index is 451. The number of nitrogens with zero attached hydrogens (tertiary/aromatic N) is 2. The number of nitrogens with one attached hydrogen (secondary N) is 1. The standard InChI is InChI=1S/C11H21N3O2S/c1-4-5-6-12-11-13-10(2)9-14(11)7-8-17(3,15)16/h9H,4-8H2,1-3H3,(H,12,13). The molecule has 0 saturated heterocycles. The number of sulfone groups is 1. The van der Waals surface area contributed by atoms with Crippen LogP contribution in [0.5, 0.6) is 0 Å². The minimum Gasteiger partial charge on any atom is -0.356 e. The molecule has 0 atom stereocenters. The van der Waals surface area contributed by atoms with Gasteiger partial charge >= 0.3 is 0 Å². The van der Waals surface area contributed by atoms with Crippen molar-refractivity contribution in [3.05, 3.63) is 11.9 Å². The van der Waals surface area contributed by atoms with Gasteiger partial charge in [-0.2, -0.15) is 0 Å². The summed E-state index contributed by atoms with van der Waals surface area (Å²) in [5.74, 6) is 0.908. The van der Waals surface area contributed by atoms with Crippen LogP contribution in [-0.4, -0.2) is 36.5 Å². The molecule has 0 unspecified atom stereocenters. The predicted octanol–water partition coefficient (Wildman–Crippen LogP) is 1.45. The van der Waals surface area contributed by atoms with Crippen LogP contribution in [0.3, 0.4) is 0 Å². The average Bonchev–Trinajstić information content (AvgIpc) is 2.56. The molecule has 98 valence electrons. The van der Waals surface area contributed by atoms with E-state index in [1.54, 1.807) is 0 Å². The van der Waals surface area contributed by atoms with Crippen LogP contribution in [0, 0.1) is 6.92 Å². The molecule has 5 nitrogen and oxygen atoms in total. The Labute approximate surface area is 103 Å². The van der Waals surface area contributed by atoms with Crippen LogP contribution in [0.15, 0.2) is 6.20 Å². The quantitative estimate of drug-likeness (QED) is 0.753. The third kappa shape index (κ3) is 5.21. The van der Waals surface area contributed by atoms with Gasteiger partial charge in [0.2, 0.25) is 5.95 Å². The van der Waals surface area contributed by atoms with Gasteiger partial charge in [-0.3, -0.25) is 0 Å². The lowest BCUT2D eigenvalue weighted by atomic mass is 10.3. The number of imidazole rings is 1. The van der Waals surface area contributed by atoms with Crippen LogP contribution >= 0.6 is 0 Å². The second kappa shape index (κ2) is 6.05. The Morgan fingerprint density at radius 3 is 2.76 bits per heavy atom. The fourth-order valence-corrected chi connectivity index (χ4v) is 2.03. The summed E-state index contributed by atoms with van der Waals surface area (Å²) < 4.78 is 24.1. The average molecular weight is 259 g/mol. The highest BCUT2D eigenvalue weighted by Crippen LogP contribution is 2.09. The van der Waals surface area contributed by atoms with Gasteiger partial charge in [-0.15, -0.1) is 0 Å². The van der Waals surface area contributed by atoms with Gasteiger partial charge in [0, 0.05) is 25.5 Å². The smallest absolute Gasteiger partial charge is 0.203 e. The molecule has 0 aromatic carbocycles. The summed E-state index contributed by atoms with van der Waals surface area (Å²) in [5, 5.41) is 3.23. The third-order valence-electron chi connectivity index (χ3n) is 2.41. The van der Waals surface area contributed by atoms with E-state index in [1.165, 1.54) is 6.26 Å². The SMILES string of the molecule is CCCCNc1nc(C)cn1CCS(C)(=O)=O. The van der Waals surface area contributed by atoms with E-state index in [0.29, 0.717) is 6.54 Å². The van der Waals surface area contributed by atoms with Gasteiger partial charge in [-0.25, -0.2) is 13.4 Å². The molecule has 6 heteroatoms. The molecule has 1 heterocycles. The van der Waals surface area contributed by atoms with Crippen LogP contribution in [-0.2, 0) is 16.4 Å². The molecule has 17 heavy (non-hydrogen) atoms. The number of hydrogen-bond donors (Lipinski definition) is 1. The minimum atomic E-state index is -2.93. The number of hydrogen-bond acceptors (Lipinski definition) is 4. The molecule has 1 aromatic rings. The van der Waals surface area contributed by atoms with E-state index >= 15 is 0 Å². The zero-order valence-electron chi connectivity index (χ0n) is 10.7. The molecule has 0 aliphatic heterocycles.